The Labute approximate surface area is 203 Å². The van der Waals surface area contributed by atoms with Crippen LogP contribution < -0.4 is 5.32 Å². The number of thiophene rings is 1. The normalized spacial score (nSPS) is 24.2. The first-order valence-electron chi connectivity index (χ1n) is 11.8. The number of rotatable bonds is 2. The lowest BCUT2D eigenvalue weighted by atomic mass is 9.94. The third kappa shape index (κ3) is 3.52. The molecule has 1 aromatic carbocycles. The number of likely N-dealkylation sites (tertiary alicyclic amines) is 1. The molecule has 1 N–H and O–H groups in total. The number of halogens is 1. The van der Waals surface area contributed by atoms with E-state index in [0.717, 1.165) is 54.6 Å². The summed E-state index contributed by atoms with van der Waals surface area (Å²) in [5, 5.41) is 14.4. The second-order valence-corrected chi connectivity index (χ2v) is 11.2. The molecule has 4 heterocycles. The minimum absolute atomic E-state index is 0.0403. The van der Waals surface area contributed by atoms with E-state index in [9.17, 15) is 4.79 Å². The topological polar surface area (TPSA) is 63.1 Å². The van der Waals surface area contributed by atoms with E-state index in [0.29, 0.717) is 18.4 Å². The summed E-state index contributed by atoms with van der Waals surface area (Å²) in [6.45, 7) is 6.67. The van der Waals surface area contributed by atoms with Gasteiger partial charge in [-0.3, -0.25) is 14.7 Å². The smallest absolute Gasteiger partial charge is 0.226 e. The van der Waals surface area contributed by atoms with E-state index in [1.165, 1.54) is 27.4 Å². The molecule has 0 saturated carbocycles. The van der Waals surface area contributed by atoms with E-state index in [4.69, 9.17) is 11.6 Å². The Kier molecular flexibility index (Phi) is 5.31. The molecule has 33 heavy (non-hydrogen) atoms. The van der Waals surface area contributed by atoms with E-state index in [2.05, 4.69) is 38.0 Å². The Morgan fingerprint density at radius 1 is 1.24 bits per heavy atom. The molecular formula is C25H28ClN5OS. The van der Waals surface area contributed by atoms with Gasteiger partial charge in [0.05, 0.1) is 12.6 Å². The molecule has 0 bridgehead atoms. The van der Waals surface area contributed by atoms with Crippen molar-refractivity contribution >= 4 is 28.8 Å². The molecule has 1 amide bonds. The fraction of sp³-hybridized carbons (Fsp3) is 0.480. The number of piperidine rings is 1. The summed E-state index contributed by atoms with van der Waals surface area (Å²) >= 11 is 8.48. The first-order chi connectivity index (χ1) is 16.0. The number of nitrogens with zero attached hydrogens (tertiary/aromatic N) is 4. The molecule has 3 aromatic rings. The van der Waals surface area contributed by atoms with Crippen molar-refractivity contribution in [3.63, 3.8) is 0 Å². The molecule has 3 atom stereocenters. The zero-order valence-electron chi connectivity index (χ0n) is 19.0. The molecule has 6 nitrogen and oxygen atoms in total. The quantitative estimate of drug-likeness (QED) is 0.587. The van der Waals surface area contributed by atoms with Gasteiger partial charge in [0, 0.05) is 34.5 Å². The molecule has 1 fully saturated rings. The number of carbonyl (C=O) groups excluding carboxylic acids is 1. The lowest BCUT2D eigenvalue weighted by molar-refractivity contribution is -0.136. The van der Waals surface area contributed by atoms with Crippen molar-refractivity contribution < 1.29 is 4.79 Å². The van der Waals surface area contributed by atoms with Crippen LogP contribution in [0.5, 0.6) is 0 Å². The fourth-order valence-corrected chi connectivity index (χ4v) is 7.54. The number of fused-ring (bicyclic) bond motifs is 5. The van der Waals surface area contributed by atoms with Crippen molar-refractivity contribution in [2.24, 2.45) is 11.8 Å². The highest BCUT2D eigenvalue weighted by molar-refractivity contribution is 7.15. The summed E-state index contributed by atoms with van der Waals surface area (Å²) in [5.41, 5.74) is 3.63. The zero-order chi connectivity index (χ0) is 22.7. The van der Waals surface area contributed by atoms with Crippen LogP contribution in [-0.2, 0) is 24.2 Å². The third-order valence-corrected chi connectivity index (χ3v) is 8.98. The van der Waals surface area contributed by atoms with Crippen molar-refractivity contribution in [2.75, 3.05) is 13.1 Å². The maximum absolute atomic E-state index is 13.4. The van der Waals surface area contributed by atoms with Gasteiger partial charge in [0.2, 0.25) is 5.91 Å². The van der Waals surface area contributed by atoms with Crippen LogP contribution in [0.15, 0.2) is 24.3 Å². The van der Waals surface area contributed by atoms with E-state index in [1.807, 2.05) is 25.1 Å². The van der Waals surface area contributed by atoms with Gasteiger partial charge in [0.1, 0.15) is 10.8 Å². The Hall–Kier alpha value is -2.22. The number of carbonyl (C=O) groups is 1. The minimum Gasteiger partial charge on any atom is -0.342 e. The van der Waals surface area contributed by atoms with Crippen LogP contribution >= 0.6 is 22.9 Å². The molecule has 1 aliphatic carbocycles. The molecule has 0 spiro atoms. The maximum Gasteiger partial charge on any atom is 0.226 e. The van der Waals surface area contributed by atoms with Crippen LogP contribution in [0.4, 0.5) is 0 Å². The number of amides is 1. The van der Waals surface area contributed by atoms with Crippen LogP contribution in [0.3, 0.4) is 0 Å². The highest BCUT2D eigenvalue weighted by Crippen LogP contribution is 2.47. The van der Waals surface area contributed by atoms with Gasteiger partial charge in [-0.05, 0) is 55.7 Å². The summed E-state index contributed by atoms with van der Waals surface area (Å²) < 4.78 is 2.19. The van der Waals surface area contributed by atoms with Crippen LogP contribution in [-0.4, -0.2) is 38.7 Å². The molecule has 2 aromatic heterocycles. The van der Waals surface area contributed by atoms with Crippen molar-refractivity contribution in [1.82, 2.24) is 25.0 Å². The fourth-order valence-electron chi connectivity index (χ4n) is 5.78. The number of benzene rings is 1. The summed E-state index contributed by atoms with van der Waals surface area (Å²) in [6.07, 6.45) is 3.96. The van der Waals surface area contributed by atoms with Crippen LogP contribution in [0.2, 0.25) is 5.02 Å². The van der Waals surface area contributed by atoms with Crippen molar-refractivity contribution in [3.8, 4) is 5.00 Å². The van der Waals surface area contributed by atoms with Crippen molar-refractivity contribution in [1.29, 1.82) is 0 Å². The van der Waals surface area contributed by atoms with Gasteiger partial charge in [-0.2, -0.15) is 0 Å². The molecule has 3 aliphatic rings. The van der Waals surface area contributed by atoms with E-state index >= 15 is 0 Å². The van der Waals surface area contributed by atoms with Gasteiger partial charge in [-0.1, -0.05) is 36.7 Å². The Morgan fingerprint density at radius 3 is 2.91 bits per heavy atom. The largest absolute Gasteiger partial charge is 0.342 e. The first kappa shape index (κ1) is 21.3. The lowest BCUT2D eigenvalue weighted by Gasteiger charge is -2.32. The molecule has 6 rings (SSSR count). The summed E-state index contributed by atoms with van der Waals surface area (Å²) in [4.78, 5) is 16.9. The summed E-state index contributed by atoms with van der Waals surface area (Å²) in [5.74, 6) is 2.77. The number of hydrogen-bond acceptors (Lipinski definition) is 5. The number of nitrogens with one attached hydrogen (secondary N) is 1. The van der Waals surface area contributed by atoms with Crippen LogP contribution in [0.1, 0.15) is 59.0 Å². The van der Waals surface area contributed by atoms with E-state index in [1.54, 1.807) is 11.3 Å². The molecule has 0 unspecified atom stereocenters. The Morgan fingerprint density at radius 2 is 2.09 bits per heavy atom. The second kappa shape index (κ2) is 8.22. The number of aryl methyl sites for hydroxylation is 1. The molecule has 1 saturated heterocycles. The maximum atomic E-state index is 13.4. The first-order valence-corrected chi connectivity index (χ1v) is 13.0. The Bertz CT molecular complexity index is 1230. The van der Waals surface area contributed by atoms with Gasteiger partial charge >= 0.3 is 0 Å². The minimum atomic E-state index is -0.0429. The molecule has 8 heteroatoms. The second-order valence-electron chi connectivity index (χ2n) is 9.69. The standard InChI is InChI=1S/C25H28ClN5OS/c1-14-6-5-9-30(13-14)24(32)16-10-18-20(11-16)33-25-22(18)23(17-7-3-4-8-19(17)26)27-12-21-29-28-15(2)31(21)25/h3-4,7-8,14,16,23,27H,5-6,9-13H2,1-2H3/t14-,16+,23+/m1/s1. The van der Waals surface area contributed by atoms with Gasteiger partial charge in [0.25, 0.3) is 0 Å². The van der Waals surface area contributed by atoms with Crippen LogP contribution in [0.25, 0.3) is 5.00 Å². The van der Waals surface area contributed by atoms with Gasteiger partial charge in [-0.25, -0.2) is 0 Å². The predicted octanol–water partition coefficient (Wildman–Crippen LogP) is 4.46. The van der Waals surface area contributed by atoms with Crippen molar-refractivity contribution in [2.45, 2.75) is 52.1 Å². The number of hydrogen-bond donors (Lipinski definition) is 1. The van der Waals surface area contributed by atoms with Crippen molar-refractivity contribution in [3.05, 3.63) is 62.5 Å². The molecule has 0 radical (unpaired) electrons. The highest BCUT2D eigenvalue weighted by atomic mass is 35.5. The highest BCUT2D eigenvalue weighted by Gasteiger charge is 2.39. The van der Waals surface area contributed by atoms with Gasteiger partial charge in [0.15, 0.2) is 5.82 Å². The summed E-state index contributed by atoms with van der Waals surface area (Å²) in [7, 11) is 0. The van der Waals surface area contributed by atoms with E-state index in [-0.39, 0.29) is 12.0 Å². The third-order valence-electron chi connectivity index (χ3n) is 7.38. The SMILES string of the molecule is Cc1nnc2n1-c1sc3c(c1[C@H](c1ccccc1Cl)NC2)C[C@H](C(=O)N1CCC[C@@H](C)C1)C3. The lowest BCUT2D eigenvalue weighted by Crippen LogP contribution is -2.42. The summed E-state index contributed by atoms with van der Waals surface area (Å²) in [6, 6.07) is 8.01. The zero-order valence-corrected chi connectivity index (χ0v) is 20.5. The average molecular weight is 482 g/mol. The Balaban J connectivity index is 1.41. The van der Waals surface area contributed by atoms with Gasteiger partial charge < -0.3 is 4.90 Å². The van der Waals surface area contributed by atoms with E-state index < -0.39 is 0 Å². The average Bonchev–Trinajstić information content (AvgIpc) is 3.44. The monoisotopic (exact) mass is 481 g/mol. The molecule has 172 valence electrons. The molecule has 2 aliphatic heterocycles. The van der Waals surface area contributed by atoms with Crippen LogP contribution in [0, 0.1) is 18.8 Å². The van der Waals surface area contributed by atoms with Gasteiger partial charge in [-0.15, -0.1) is 21.5 Å². The predicted molar refractivity (Wildman–Crippen MR) is 130 cm³/mol. The number of aromatic nitrogens is 3. The molecular weight excluding hydrogens is 454 g/mol.